The SMILES string of the molecule is CN=C(NCCc1cc(C)cc(C)c1)NCc1ccc(S(=O)(=O)N(C)C)cc1.I. The molecule has 2 aromatic carbocycles. The lowest BCUT2D eigenvalue weighted by molar-refractivity contribution is 0.520. The van der Waals surface area contributed by atoms with Crippen LogP contribution in [0.2, 0.25) is 0 Å². The first-order valence-electron chi connectivity index (χ1n) is 9.25. The van der Waals surface area contributed by atoms with Crippen LogP contribution in [-0.2, 0) is 23.0 Å². The molecular formula is C21H31IN4O2S. The molecule has 0 fully saturated rings. The van der Waals surface area contributed by atoms with E-state index in [1.165, 1.54) is 35.1 Å². The first-order valence-corrected chi connectivity index (χ1v) is 10.7. The average Bonchev–Trinajstić information content (AvgIpc) is 2.64. The minimum atomic E-state index is -3.40. The number of hydrogen-bond donors (Lipinski definition) is 2. The van der Waals surface area contributed by atoms with E-state index in [0.29, 0.717) is 6.54 Å². The van der Waals surface area contributed by atoms with Crippen molar-refractivity contribution in [1.82, 2.24) is 14.9 Å². The zero-order chi connectivity index (χ0) is 20.7. The molecule has 0 aliphatic heterocycles. The van der Waals surface area contributed by atoms with E-state index in [9.17, 15) is 8.42 Å². The highest BCUT2D eigenvalue weighted by atomic mass is 127. The molecule has 0 amide bonds. The zero-order valence-electron chi connectivity index (χ0n) is 17.7. The molecular weight excluding hydrogens is 499 g/mol. The number of rotatable bonds is 7. The van der Waals surface area contributed by atoms with Crippen LogP contribution in [0.5, 0.6) is 0 Å². The molecule has 0 aliphatic rings. The molecule has 29 heavy (non-hydrogen) atoms. The molecule has 0 atom stereocenters. The largest absolute Gasteiger partial charge is 0.356 e. The average molecular weight is 530 g/mol. The summed E-state index contributed by atoms with van der Waals surface area (Å²) in [4.78, 5) is 4.53. The predicted octanol–water partition coefficient (Wildman–Crippen LogP) is 3.08. The van der Waals surface area contributed by atoms with Crippen molar-refractivity contribution in [2.75, 3.05) is 27.7 Å². The molecule has 6 nitrogen and oxygen atoms in total. The van der Waals surface area contributed by atoms with Gasteiger partial charge in [0.25, 0.3) is 0 Å². The second-order valence-electron chi connectivity index (χ2n) is 7.03. The summed E-state index contributed by atoms with van der Waals surface area (Å²) in [6.07, 6.45) is 0.917. The predicted molar refractivity (Wildman–Crippen MR) is 131 cm³/mol. The summed E-state index contributed by atoms with van der Waals surface area (Å²) in [6, 6.07) is 13.5. The van der Waals surface area contributed by atoms with Gasteiger partial charge in [-0.3, -0.25) is 4.99 Å². The normalized spacial score (nSPS) is 11.9. The Balaban J connectivity index is 0.00000420. The number of aryl methyl sites for hydroxylation is 2. The summed E-state index contributed by atoms with van der Waals surface area (Å²) in [7, 11) is 1.39. The first-order chi connectivity index (χ1) is 13.2. The van der Waals surface area contributed by atoms with Crippen molar-refractivity contribution in [3.8, 4) is 0 Å². The smallest absolute Gasteiger partial charge is 0.242 e. The summed E-state index contributed by atoms with van der Waals surface area (Å²) in [5, 5.41) is 6.57. The number of nitrogens with zero attached hydrogens (tertiary/aromatic N) is 2. The highest BCUT2D eigenvalue weighted by Crippen LogP contribution is 2.14. The fraction of sp³-hybridized carbons (Fsp3) is 0.381. The maximum atomic E-state index is 12.1. The van der Waals surface area contributed by atoms with Crippen LogP contribution in [0.25, 0.3) is 0 Å². The van der Waals surface area contributed by atoms with Gasteiger partial charge in [0.05, 0.1) is 4.90 Å². The second kappa shape index (κ2) is 11.5. The number of halogens is 1. The fourth-order valence-corrected chi connectivity index (χ4v) is 3.84. The van der Waals surface area contributed by atoms with Gasteiger partial charge in [0.1, 0.15) is 0 Å². The van der Waals surface area contributed by atoms with Gasteiger partial charge in [-0.15, -0.1) is 24.0 Å². The monoisotopic (exact) mass is 530 g/mol. The van der Waals surface area contributed by atoms with Gasteiger partial charge in [0.2, 0.25) is 10.0 Å². The van der Waals surface area contributed by atoms with Gasteiger partial charge in [-0.1, -0.05) is 41.5 Å². The van der Waals surface area contributed by atoms with Crippen LogP contribution in [0.1, 0.15) is 22.3 Å². The Kier molecular flexibility index (Phi) is 10.1. The lowest BCUT2D eigenvalue weighted by atomic mass is 10.1. The molecule has 0 aromatic heterocycles. The van der Waals surface area contributed by atoms with Crippen molar-refractivity contribution in [3.05, 3.63) is 64.7 Å². The van der Waals surface area contributed by atoms with E-state index >= 15 is 0 Å². The Morgan fingerprint density at radius 2 is 1.55 bits per heavy atom. The molecule has 0 heterocycles. The Morgan fingerprint density at radius 1 is 0.966 bits per heavy atom. The molecule has 0 saturated carbocycles. The molecule has 2 rings (SSSR count). The third-order valence-corrected chi connectivity index (χ3v) is 6.20. The minimum Gasteiger partial charge on any atom is -0.356 e. The lowest BCUT2D eigenvalue weighted by Gasteiger charge is -2.14. The van der Waals surface area contributed by atoms with Crippen molar-refractivity contribution >= 4 is 40.0 Å². The van der Waals surface area contributed by atoms with E-state index < -0.39 is 10.0 Å². The quantitative estimate of drug-likeness (QED) is 0.328. The van der Waals surface area contributed by atoms with Crippen molar-refractivity contribution in [3.63, 3.8) is 0 Å². The lowest BCUT2D eigenvalue weighted by Crippen LogP contribution is -2.37. The molecule has 0 saturated heterocycles. The third kappa shape index (κ3) is 7.60. The van der Waals surface area contributed by atoms with E-state index in [4.69, 9.17) is 0 Å². The third-order valence-electron chi connectivity index (χ3n) is 4.37. The number of benzene rings is 2. The van der Waals surface area contributed by atoms with Gasteiger partial charge in [-0.05, 0) is 43.5 Å². The first kappa shape index (κ1) is 25.4. The zero-order valence-corrected chi connectivity index (χ0v) is 20.8. The Labute approximate surface area is 191 Å². The van der Waals surface area contributed by atoms with Crippen molar-refractivity contribution in [2.24, 2.45) is 4.99 Å². The summed E-state index contributed by atoms with van der Waals surface area (Å²) >= 11 is 0. The van der Waals surface area contributed by atoms with E-state index in [0.717, 1.165) is 24.5 Å². The van der Waals surface area contributed by atoms with Crippen LogP contribution in [0.15, 0.2) is 52.4 Å². The van der Waals surface area contributed by atoms with Gasteiger partial charge in [-0.25, -0.2) is 12.7 Å². The minimum absolute atomic E-state index is 0. The van der Waals surface area contributed by atoms with Crippen LogP contribution in [0, 0.1) is 13.8 Å². The fourth-order valence-electron chi connectivity index (χ4n) is 2.94. The van der Waals surface area contributed by atoms with Crippen molar-refractivity contribution in [2.45, 2.75) is 31.7 Å². The van der Waals surface area contributed by atoms with Crippen LogP contribution in [0.4, 0.5) is 0 Å². The van der Waals surface area contributed by atoms with Gasteiger partial charge in [-0.2, -0.15) is 0 Å². The van der Waals surface area contributed by atoms with Crippen LogP contribution in [0.3, 0.4) is 0 Å². The molecule has 0 radical (unpaired) electrons. The van der Waals surface area contributed by atoms with E-state index in [-0.39, 0.29) is 28.9 Å². The Bertz CT molecular complexity index is 906. The molecule has 8 heteroatoms. The summed E-state index contributed by atoms with van der Waals surface area (Å²) in [6.45, 7) is 5.56. The van der Waals surface area contributed by atoms with Crippen molar-refractivity contribution < 1.29 is 8.42 Å². The number of nitrogens with one attached hydrogen (secondary N) is 2. The summed E-state index contributed by atoms with van der Waals surface area (Å²) in [5.74, 6) is 0.717. The van der Waals surface area contributed by atoms with Gasteiger partial charge in [0, 0.05) is 34.2 Å². The number of hydrogen-bond acceptors (Lipinski definition) is 3. The second-order valence-corrected chi connectivity index (χ2v) is 9.18. The Morgan fingerprint density at radius 3 is 2.07 bits per heavy atom. The maximum Gasteiger partial charge on any atom is 0.242 e. The molecule has 2 N–H and O–H groups in total. The maximum absolute atomic E-state index is 12.1. The van der Waals surface area contributed by atoms with Gasteiger partial charge >= 0.3 is 0 Å². The van der Waals surface area contributed by atoms with Gasteiger partial charge in [0.15, 0.2) is 5.96 Å². The summed E-state index contributed by atoms with van der Waals surface area (Å²) < 4.78 is 25.4. The number of sulfonamides is 1. The van der Waals surface area contributed by atoms with E-state index in [1.807, 2.05) is 12.1 Å². The molecule has 0 bridgehead atoms. The van der Waals surface area contributed by atoms with E-state index in [2.05, 4.69) is 47.7 Å². The number of guanidine groups is 1. The van der Waals surface area contributed by atoms with Crippen LogP contribution in [-0.4, -0.2) is 46.4 Å². The summed E-state index contributed by atoms with van der Waals surface area (Å²) in [5.41, 5.74) is 4.84. The van der Waals surface area contributed by atoms with Crippen LogP contribution < -0.4 is 10.6 Å². The van der Waals surface area contributed by atoms with E-state index in [1.54, 1.807) is 19.2 Å². The standard InChI is InChI=1S/C21H30N4O2S.HI/c1-16-12-17(2)14-19(13-16)10-11-23-21(22-3)24-15-18-6-8-20(9-7-18)28(26,27)25(4)5;/h6-9,12-14H,10-11,15H2,1-5H3,(H2,22,23,24);1H. The molecule has 0 unspecified atom stereocenters. The Hall–Kier alpha value is -1.65. The molecule has 160 valence electrons. The highest BCUT2D eigenvalue weighted by Gasteiger charge is 2.16. The number of aliphatic imine (C=N–C) groups is 1. The topological polar surface area (TPSA) is 73.8 Å². The molecule has 0 spiro atoms. The highest BCUT2D eigenvalue weighted by molar-refractivity contribution is 14.0. The van der Waals surface area contributed by atoms with Gasteiger partial charge < -0.3 is 10.6 Å². The molecule has 0 aliphatic carbocycles. The van der Waals surface area contributed by atoms with Crippen LogP contribution >= 0.6 is 24.0 Å². The van der Waals surface area contributed by atoms with Crippen molar-refractivity contribution in [1.29, 1.82) is 0 Å². The molecule has 2 aromatic rings.